The molecule has 0 atom stereocenters. The fourth-order valence-corrected chi connectivity index (χ4v) is 4.39. The number of sulfonamides is 1. The summed E-state index contributed by atoms with van der Waals surface area (Å²) in [5.74, 6) is -1.15. The zero-order valence-electron chi connectivity index (χ0n) is 11.5. The van der Waals surface area contributed by atoms with E-state index in [4.69, 9.17) is 5.11 Å². The minimum atomic E-state index is -3.81. The Kier molecular flexibility index (Phi) is 3.42. The summed E-state index contributed by atoms with van der Waals surface area (Å²) >= 11 is 0.878. The van der Waals surface area contributed by atoms with E-state index in [1.54, 1.807) is 12.1 Å². The average molecular weight is 336 g/mol. The Morgan fingerprint density at radius 3 is 2.77 bits per heavy atom. The van der Waals surface area contributed by atoms with Gasteiger partial charge in [0.25, 0.3) is 10.0 Å². The van der Waals surface area contributed by atoms with E-state index in [9.17, 15) is 13.2 Å². The lowest BCUT2D eigenvalue weighted by atomic mass is 10.2. The van der Waals surface area contributed by atoms with E-state index in [1.807, 2.05) is 29.9 Å². The number of rotatable bonds is 4. The van der Waals surface area contributed by atoms with Crippen molar-refractivity contribution in [1.29, 1.82) is 0 Å². The molecule has 0 unspecified atom stereocenters. The molecule has 0 radical (unpaired) electrons. The molecule has 6 nitrogen and oxygen atoms in total. The second-order valence-electron chi connectivity index (χ2n) is 4.73. The molecule has 22 heavy (non-hydrogen) atoms. The summed E-state index contributed by atoms with van der Waals surface area (Å²) in [7, 11) is -1.94. The van der Waals surface area contributed by atoms with E-state index in [-0.39, 0.29) is 9.77 Å². The molecule has 1 aromatic carbocycles. The molecule has 0 spiro atoms. The summed E-state index contributed by atoms with van der Waals surface area (Å²) < 4.78 is 29.2. The van der Waals surface area contributed by atoms with Gasteiger partial charge in [-0.3, -0.25) is 4.72 Å². The van der Waals surface area contributed by atoms with Crippen molar-refractivity contribution >= 4 is 43.9 Å². The number of anilines is 1. The number of benzene rings is 1. The van der Waals surface area contributed by atoms with Gasteiger partial charge < -0.3 is 9.67 Å². The molecule has 8 heteroatoms. The molecule has 2 aromatic heterocycles. The Bertz CT molecular complexity index is 970. The van der Waals surface area contributed by atoms with Crippen molar-refractivity contribution in [3.63, 3.8) is 0 Å². The number of carbonyl (C=O) groups is 1. The molecular formula is C14H12N2O4S2. The van der Waals surface area contributed by atoms with Gasteiger partial charge in [0, 0.05) is 29.5 Å². The van der Waals surface area contributed by atoms with Crippen LogP contribution >= 0.6 is 11.3 Å². The van der Waals surface area contributed by atoms with Gasteiger partial charge in [0.1, 0.15) is 4.21 Å². The van der Waals surface area contributed by atoms with E-state index in [1.165, 1.54) is 5.38 Å². The lowest BCUT2D eigenvalue weighted by Crippen LogP contribution is -2.11. The van der Waals surface area contributed by atoms with E-state index >= 15 is 0 Å². The third kappa shape index (κ3) is 2.46. The molecule has 0 saturated carbocycles. The second-order valence-corrected chi connectivity index (χ2v) is 7.55. The number of aromatic nitrogens is 1. The number of carboxylic acid groups (broad SMARTS) is 1. The van der Waals surface area contributed by atoms with E-state index in [0.717, 1.165) is 28.3 Å². The van der Waals surface area contributed by atoms with Crippen molar-refractivity contribution in [2.45, 2.75) is 4.21 Å². The fraction of sp³-hybridized carbons (Fsp3) is 0.0714. The van der Waals surface area contributed by atoms with Gasteiger partial charge >= 0.3 is 5.97 Å². The Morgan fingerprint density at radius 1 is 1.32 bits per heavy atom. The summed E-state index contributed by atoms with van der Waals surface area (Å²) in [4.78, 5) is 10.9. The van der Waals surface area contributed by atoms with Crippen LogP contribution in [-0.4, -0.2) is 24.1 Å². The summed E-state index contributed by atoms with van der Waals surface area (Å²) in [5.41, 5.74) is 1.32. The second kappa shape index (κ2) is 5.15. The predicted molar refractivity (Wildman–Crippen MR) is 85.0 cm³/mol. The van der Waals surface area contributed by atoms with Crippen molar-refractivity contribution < 1.29 is 18.3 Å². The average Bonchev–Trinajstić information content (AvgIpc) is 3.07. The topological polar surface area (TPSA) is 88.4 Å². The first kappa shape index (κ1) is 14.6. The molecule has 0 aliphatic heterocycles. The van der Waals surface area contributed by atoms with Gasteiger partial charge in [-0.15, -0.1) is 11.3 Å². The number of hydrogen-bond acceptors (Lipinski definition) is 4. The van der Waals surface area contributed by atoms with Crippen LogP contribution in [0.4, 0.5) is 5.69 Å². The molecule has 3 rings (SSSR count). The number of aromatic carboxylic acids is 1. The predicted octanol–water partition coefficient (Wildman–Crippen LogP) is 2.74. The largest absolute Gasteiger partial charge is 0.478 e. The molecule has 0 amide bonds. The summed E-state index contributed by atoms with van der Waals surface area (Å²) in [6.07, 6.45) is 1.84. The van der Waals surface area contributed by atoms with Crippen LogP contribution in [0.1, 0.15) is 10.4 Å². The highest BCUT2D eigenvalue weighted by Gasteiger charge is 2.20. The lowest BCUT2D eigenvalue weighted by molar-refractivity contribution is 0.0697. The Morgan fingerprint density at radius 2 is 2.09 bits per heavy atom. The molecular weight excluding hydrogens is 324 g/mol. The van der Waals surface area contributed by atoms with Crippen molar-refractivity contribution in [1.82, 2.24) is 4.57 Å². The maximum atomic E-state index is 12.4. The van der Waals surface area contributed by atoms with Crippen LogP contribution in [0.5, 0.6) is 0 Å². The number of thiophene rings is 1. The van der Waals surface area contributed by atoms with E-state index < -0.39 is 16.0 Å². The molecule has 0 bridgehead atoms. The number of nitrogens with zero attached hydrogens (tertiary/aromatic N) is 1. The number of nitrogens with one attached hydrogen (secondary N) is 1. The van der Waals surface area contributed by atoms with Crippen LogP contribution in [-0.2, 0) is 17.1 Å². The first-order valence-corrected chi connectivity index (χ1v) is 8.63. The molecule has 2 N–H and O–H groups in total. The molecule has 0 aliphatic rings. The van der Waals surface area contributed by atoms with Gasteiger partial charge in [0.2, 0.25) is 0 Å². The van der Waals surface area contributed by atoms with Gasteiger partial charge in [-0.2, -0.15) is 0 Å². The van der Waals surface area contributed by atoms with Crippen LogP contribution in [0.15, 0.2) is 46.1 Å². The Balaban J connectivity index is 2.01. The standard InChI is InChI=1S/C14H12N2O4S2/c1-16-6-5-10-11(3-2-4-12(10)16)15-22(19,20)13-7-9(8-21-13)14(17)18/h2-8,15H,1H3,(H,17,18). The van der Waals surface area contributed by atoms with Gasteiger partial charge in [0.15, 0.2) is 0 Å². The highest BCUT2D eigenvalue weighted by Crippen LogP contribution is 2.28. The third-order valence-electron chi connectivity index (χ3n) is 3.26. The minimum Gasteiger partial charge on any atom is -0.478 e. The number of hydrogen-bond donors (Lipinski definition) is 2. The van der Waals surface area contributed by atoms with Crippen LogP contribution in [0, 0.1) is 0 Å². The third-order valence-corrected chi connectivity index (χ3v) is 6.06. The van der Waals surface area contributed by atoms with Crippen molar-refractivity contribution in [3.8, 4) is 0 Å². The molecule has 0 saturated heterocycles. The van der Waals surface area contributed by atoms with Crippen LogP contribution in [0.2, 0.25) is 0 Å². The van der Waals surface area contributed by atoms with Crippen LogP contribution in [0.25, 0.3) is 10.9 Å². The lowest BCUT2D eigenvalue weighted by Gasteiger charge is -2.08. The molecule has 0 aliphatic carbocycles. The van der Waals surface area contributed by atoms with Gasteiger partial charge in [-0.1, -0.05) is 6.07 Å². The normalized spacial score (nSPS) is 11.7. The maximum absolute atomic E-state index is 12.4. The van der Waals surface area contributed by atoms with Crippen LogP contribution < -0.4 is 4.72 Å². The van der Waals surface area contributed by atoms with Gasteiger partial charge in [0.05, 0.1) is 11.3 Å². The molecule has 2 heterocycles. The first-order valence-electron chi connectivity index (χ1n) is 6.27. The van der Waals surface area contributed by atoms with Gasteiger partial charge in [-0.05, 0) is 24.3 Å². The Hall–Kier alpha value is -2.32. The quantitative estimate of drug-likeness (QED) is 0.767. The van der Waals surface area contributed by atoms with E-state index in [2.05, 4.69) is 4.72 Å². The summed E-state index contributed by atoms with van der Waals surface area (Å²) in [6.45, 7) is 0. The smallest absolute Gasteiger partial charge is 0.336 e. The van der Waals surface area contributed by atoms with Crippen molar-refractivity contribution in [3.05, 3.63) is 47.5 Å². The van der Waals surface area contributed by atoms with Gasteiger partial charge in [-0.25, -0.2) is 13.2 Å². The Labute approximate surface area is 130 Å². The van der Waals surface area contributed by atoms with E-state index in [0.29, 0.717) is 5.69 Å². The fourth-order valence-electron chi connectivity index (χ4n) is 2.16. The minimum absolute atomic E-state index is 0.0298. The zero-order valence-corrected chi connectivity index (χ0v) is 13.1. The number of aryl methyl sites for hydroxylation is 1. The number of carboxylic acids is 1. The highest BCUT2D eigenvalue weighted by atomic mass is 32.2. The zero-order chi connectivity index (χ0) is 15.9. The summed E-state index contributed by atoms with van der Waals surface area (Å²) in [5, 5.41) is 11.0. The molecule has 3 aromatic rings. The van der Waals surface area contributed by atoms with Crippen molar-refractivity contribution in [2.24, 2.45) is 7.05 Å². The summed E-state index contributed by atoms with van der Waals surface area (Å²) in [6, 6.07) is 8.30. The van der Waals surface area contributed by atoms with Crippen LogP contribution in [0.3, 0.4) is 0 Å². The molecule has 114 valence electrons. The maximum Gasteiger partial charge on any atom is 0.336 e. The SMILES string of the molecule is Cn1ccc2c(NS(=O)(=O)c3cc(C(=O)O)cs3)cccc21. The highest BCUT2D eigenvalue weighted by molar-refractivity contribution is 7.94. The first-order chi connectivity index (χ1) is 10.4. The van der Waals surface area contributed by atoms with Crippen molar-refractivity contribution in [2.75, 3.05) is 4.72 Å². The molecule has 0 fully saturated rings. The monoisotopic (exact) mass is 336 g/mol. The number of fused-ring (bicyclic) bond motifs is 1.